The van der Waals surface area contributed by atoms with Crippen molar-refractivity contribution >= 4 is 23.5 Å². The summed E-state index contributed by atoms with van der Waals surface area (Å²) in [5, 5.41) is 0.257. The molecule has 1 atom stereocenters. The van der Waals surface area contributed by atoms with E-state index in [0.29, 0.717) is 17.3 Å². The Kier molecular flexibility index (Phi) is 3.70. The minimum absolute atomic E-state index is 0.297. The van der Waals surface area contributed by atoms with Crippen molar-refractivity contribution in [2.45, 2.75) is 23.6 Å². The van der Waals surface area contributed by atoms with Crippen molar-refractivity contribution in [3.05, 3.63) is 12.4 Å². The smallest absolute Gasteiger partial charge is 0.230 e. The molecule has 1 rings (SSSR count). The van der Waals surface area contributed by atoms with E-state index in [4.69, 9.17) is 11.5 Å². The number of hydrogen-bond donors (Lipinski definition) is 2. The summed E-state index contributed by atoms with van der Waals surface area (Å²) in [6.45, 7) is 1.88. The molecule has 4 N–H and O–H groups in total. The van der Waals surface area contributed by atoms with Crippen LogP contribution in [-0.2, 0) is 4.79 Å². The Hall–Kier alpha value is -1.30. The van der Waals surface area contributed by atoms with Gasteiger partial charge in [0.15, 0.2) is 5.82 Å². The van der Waals surface area contributed by atoms with Gasteiger partial charge in [0.25, 0.3) is 0 Å². The zero-order valence-corrected chi connectivity index (χ0v) is 8.62. The van der Waals surface area contributed by atoms with Crippen molar-refractivity contribution in [2.75, 3.05) is 5.73 Å². The van der Waals surface area contributed by atoms with Crippen LogP contribution in [0.1, 0.15) is 13.3 Å². The molecular weight excluding hydrogens is 200 g/mol. The summed E-state index contributed by atoms with van der Waals surface area (Å²) >= 11 is 1.25. The van der Waals surface area contributed by atoms with Gasteiger partial charge >= 0.3 is 0 Å². The summed E-state index contributed by atoms with van der Waals surface area (Å²) in [4.78, 5) is 18.8. The third kappa shape index (κ3) is 2.59. The molecule has 1 unspecified atom stereocenters. The highest BCUT2D eigenvalue weighted by Crippen LogP contribution is 2.26. The number of anilines is 1. The molecule has 14 heavy (non-hydrogen) atoms. The van der Waals surface area contributed by atoms with Crippen molar-refractivity contribution in [3.63, 3.8) is 0 Å². The summed E-state index contributed by atoms with van der Waals surface area (Å²) in [7, 11) is 0. The second-order valence-electron chi connectivity index (χ2n) is 2.66. The van der Waals surface area contributed by atoms with E-state index in [1.54, 1.807) is 0 Å². The number of carbonyl (C=O) groups is 1. The van der Waals surface area contributed by atoms with Crippen LogP contribution in [0.25, 0.3) is 0 Å². The molecule has 0 aliphatic heterocycles. The van der Waals surface area contributed by atoms with Crippen LogP contribution in [-0.4, -0.2) is 21.1 Å². The normalized spacial score (nSPS) is 12.4. The number of carbonyl (C=O) groups excluding carboxylic acids is 1. The van der Waals surface area contributed by atoms with Crippen LogP contribution >= 0.6 is 11.8 Å². The number of primary amides is 1. The number of thioether (sulfide) groups is 1. The second-order valence-corrected chi connectivity index (χ2v) is 3.86. The van der Waals surface area contributed by atoms with Gasteiger partial charge in [-0.1, -0.05) is 18.7 Å². The van der Waals surface area contributed by atoms with Gasteiger partial charge in [0, 0.05) is 12.4 Å². The van der Waals surface area contributed by atoms with Gasteiger partial charge in [0.2, 0.25) is 5.91 Å². The number of nitrogen functional groups attached to an aromatic ring is 1. The van der Waals surface area contributed by atoms with E-state index in [-0.39, 0.29) is 11.2 Å². The Morgan fingerprint density at radius 3 is 2.71 bits per heavy atom. The van der Waals surface area contributed by atoms with Gasteiger partial charge in [-0.3, -0.25) is 4.79 Å². The highest BCUT2D eigenvalue weighted by atomic mass is 32.2. The third-order valence-corrected chi connectivity index (χ3v) is 3.02. The van der Waals surface area contributed by atoms with Crippen LogP contribution in [0.4, 0.5) is 5.82 Å². The van der Waals surface area contributed by atoms with E-state index in [1.807, 2.05) is 6.92 Å². The molecule has 0 radical (unpaired) electrons. The van der Waals surface area contributed by atoms with Crippen molar-refractivity contribution < 1.29 is 4.79 Å². The number of nitrogens with zero attached hydrogens (tertiary/aromatic N) is 2. The molecule has 0 aromatic carbocycles. The molecule has 0 bridgehead atoms. The first-order valence-corrected chi connectivity index (χ1v) is 5.05. The van der Waals surface area contributed by atoms with Crippen LogP contribution < -0.4 is 11.5 Å². The van der Waals surface area contributed by atoms with E-state index >= 15 is 0 Å². The predicted octanol–water partition coefficient (Wildman–Crippen LogP) is 0.415. The molecule has 0 aliphatic carbocycles. The second kappa shape index (κ2) is 4.80. The molecule has 1 heterocycles. The monoisotopic (exact) mass is 212 g/mol. The minimum Gasteiger partial charge on any atom is -0.381 e. The number of rotatable bonds is 4. The summed E-state index contributed by atoms with van der Waals surface area (Å²) in [6.07, 6.45) is 3.69. The van der Waals surface area contributed by atoms with E-state index in [0.717, 1.165) is 0 Å². The fraction of sp³-hybridized carbons (Fsp3) is 0.375. The molecule has 1 amide bonds. The SMILES string of the molecule is CCC(Sc1nccnc1N)C(N)=O. The average molecular weight is 212 g/mol. The third-order valence-electron chi connectivity index (χ3n) is 1.63. The molecule has 6 heteroatoms. The minimum atomic E-state index is -0.359. The highest BCUT2D eigenvalue weighted by molar-refractivity contribution is 8.00. The average Bonchev–Trinajstić information content (AvgIpc) is 2.16. The number of aromatic nitrogens is 2. The molecule has 0 saturated carbocycles. The van der Waals surface area contributed by atoms with Crippen molar-refractivity contribution in [3.8, 4) is 0 Å². The summed E-state index contributed by atoms with van der Waals surface area (Å²) in [6, 6.07) is 0. The largest absolute Gasteiger partial charge is 0.381 e. The molecular formula is C8H12N4OS. The van der Waals surface area contributed by atoms with Gasteiger partial charge in [0.05, 0.1) is 5.25 Å². The van der Waals surface area contributed by atoms with Crippen molar-refractivity contribution in [1.82, 2.24) is 9.97 Å². The Morgan fingerprint density at radius 2 is 2.21 bits per heavy atom. The van der Waals surface area contributed by atoms with E-state index in [9.17, 15) is 4.79 Å². The Labute approximate surface area is 86.3 Å². The van der Waals surface area contributed by atoms with Crippen LogP contribution in [0.3, 0.4) is 0 Å². The number of amides is 1. The fourth-order valence-corrected chi connectivity index (χ4v) is 1.75. The number of hydrogen-bond acceptors (Lipinski definition) is 5. The maximum atomic E-state index is 11.0. The van der Waals surface area contributed by atoms with Crippen LogP contribution in [0.15, 0.2) is 17.4 Å². The quantitative estimate of drug-likeness (QED) is 0.705. The zero-order chi connectivity index (χ0) is 10.6. The van der Waals surface area contributed by atoms with Gasteiger partial charge < -0.3 is 11.5 Å². The summed E-state index contributed by atoms with van der Waals surface area (Å²) < 4.78 is 0. The van der Waals surface area contributed by atoms with Gasteiger partial charge in [0.1, 0.15) is 5.03 Å². The maximum Gasteiger partial charge on any atom is 0.230 e. The standard InChI is InChI=1S/C8H12N4OS/c1-2-5(7(10)13)14-8-6(9)11-3-4-12-8/h3-5H,2H2,1H3,(H2,9,11)(H2,10,13). The zero-order valence-electron chi connectivity index (χ0n) is 7.80. The topological polar surface area (TPSA) is 94.9 Å². The highest BCUT2D eigenvalue weighted by Gasteiger charge is 2.16. The number of nitrogens with two attached hydrogens (primary N) is 2. The Bertz CT molecular complexity index is 331. The van der Waals surface area contributed by atoms with E-state index < -0.39 is 0 Å². The molecule has 0 fully saturated rings. The molecule has 76 valence electrons. The van der Waals surface area contributed by atoms with Gasteiger partial charge in [-0.25, -0.2) is 9.97 Å². The first-order valence-electron chi connectivity index (χ1n) is 4.17. The van der Waals surface area contributed by atoms with Crippen LogP contribution in [0.2, 0.25) is 0 Å². The molecule has 0 aliphatic rings. The molecule has 0 saturated heterocycles. The van der Waals surface area contributed by atoms with Crippen molar-refractivity contribution in [2.24, 2.45) is 5.73 Å². The van der Waals surface area contributed by atoms with Gasteiger partial charge in [-0.15, -0.1) is 0 Å². The predicted molar refractivity (Wildman–Crippen MR) is 55.6 cm³/mol. The maximum absolute atomic E-state index is 11.0. The lowest BCUT2D eigenvalue weighted by molar-refractivity contribution is -0.117. The van der Waals surface area contributed by atoms with E-state index in [2.05, 4.69) is 9.97 Å². The summed E-state index contributed by atoms with van der Waals surface area (Å²) in [5.74, 6) is -0.0280. The van der Waals surface area contributed by atoms with Crippen molar-refractivity contribution in [1.29, 1.82) is 0 Å². The first-order chi connectivity index (χ1) is 6.65. The van der Waals surface area contributed by atoms with Crippen LogP contribution in [0.5, 0.6) is 0 Å². The molecule has 1 aromatic heterocycles. The molecule has 1 aromatic rings. The van der Waals surface area contributed by atoms with Crippen LogP contribution in [0, 0.1) is 0 Å². The Balaban J connectivity index is 2.77. The first kappa shape index (κ1) is 10.8. The molecule has 0 spiro atoms. The lowest BCUT2D eigenvalue weighted by atomic mass is 10.3. The lowest BCUT2D eigenvalue weighted by Gasteiger charge is -2.09. The summed E-state index contributed by atoms with van der Waals surface area (Å²) in [5.41, 5.74) is 10.8. The molecule has 5 nitrogen and oxygen atoms in total. The Morgan fingerprint density at radius 1 is 1.57 bits per heavy atom. The van der Waals surface area contributed by atoms with Gasteiger partial charge in [-0.2, -0.15) is 0 Å². The fourth-order valence-electron chi connectivity index (χ4n) is 0.904. The van der Waals surface area contributed by atoms with E-state index in [1.165, 1.54) is 24.2 Å². The van der Waals surface area contributed by atoms with Gasteiger partial charge in [-0.05, 0) is 6.42 Å². The lowest BCUT2D eigenvalue weighted by Crippen LogP contribution is -2.25.